The van der Waals surface area contributed by atoms with Crippen molar-refractivity contribution in [3.8, 4) is 0 Å². The molecule has 7 nitrogen and oxygen atoms in total. The van der Waals surface area contributed by atoms with Gasteiger partial charge >= 0.3 is 0 Å². The summed E-state index contributed by atoms with van der Waals surface area (Å²) >= 11 is 0. The van der Waals surface area contributed by atoms with Gasteiger partial charge in [0.2, 0.25) is 11.8 Å². The largest absolute Gasteiger partial charge is 0.423 e. The summed E-state index contributed by atoms with van der Waals surface area (Å²) in [7, 11) is 0. The minimum absolute atomic E-state index is 0.0346. The van der Waals surface area contributed by atoms with Crippen molar-refractivity contribution in [1.29, 1.82) is 0 Å². The fraction of sp³-hybridized carbons (Fsp3) is 0.348. The van der Waals surface area contributed by atoms with Gasteiger partial charge in [-0.25, -0.2) is 0 Å². The molecule has 5 rings (SSSR count). The van der Waals surface area contributed by atoms with E-state index in [0.29, 0.717) is 12.6 Å². The second-order valence-electron chi connectivity index (χ2n) is 7.98. The molecule has 2 aliphatic rings. The average Bonchev–Trinajstić information content (AvgIpc) is 3.37. The van der Waals surface area contributed by atoms with Crippen molar-refractivity contribution in [1.82, 2.24) is 4.98 Å². The summed E-state index contributed by atoms with van der Waals surface area (Å²) in [4.78, 5) is 32.9. The number of piperidine rings is 1. The van der Waals surface area contributed by atoms with Crippen LogP contribution in [0.1, 0.15) is 25.3 Å². The molecule has 0 aliphatic carbocycles. The number of nitrogens with one attached hydrogen (secondary N) is 1. The molecule has 0 unspecified atom stereocenters. The summed E-state index contributed by atoms with van der Waals surface area (Å²) < 4.78 is 5.85. The van der Waals surface area contributed by atoms with E-state index in [1.54, 1.807) is 11.8 Å². The number of benzene rings is 2. The molecule has 1 aromatic heterocycles. The lowest BCUT2D eigenvalue weighted by Gasteiger charge is -2.30. The van der Waals surface area contributed by atoms with Crippen molar-refractivity contribution in [3.05, 3.63) is 48.0 Å². The fourth-order valence-corrected chi connectivity index (χ4v) is 4.38. The first kappa shape index (κ1) is 18.7. The number of hydrogen-bond acceptors (Lipinski definition) is 5. The van der Waals surface area contributed by atoms with Crippen LogP contribution in [0, 0.1) is 5.92 Å². The number of nitrogens with zero attached hydrogens (tertiary/aromatic N) is 3. The second kappa shape index (κ2) is 7.48. The molecule has 2 amide bonds. The Morgan fingerprint density at radius 3 is 2.67 bits per heavy atom. The summed E-state index contributed by atoms with van der Waals surface area (Å²) in [5.74, 6) is 0.0671. The zero-order valence-corrected chi connectivity index (χ0v) is 16.9. The molecule has 30 heavy (non-hydrogen) atoms. The first-order valence-electron chi connectivity index (χ1n) is 10.4. The van der Waals surface area contributed by atoms with Gasteiger partial charge in [-0.1, -0.05) is 12.1 Å². The Morgan fingerprint density at radius 2 is 1.90 bits per heavy atom. The molecule has 0 saturated carbocycles. The van der Waals surface area contributed by atoms with Crippen LogP contribution in [-0.2, 0) is 16.0 Å². The highest BCUT2D eigenvalue weighted by atomic mass is 16.4. The minimum Gasteiger partial charge on any atom is -0.423 e. The van der Waals surface area contributed by atoms with Gasteiger partial charge in [-0.05, 0) is 55.2 Å². The van der Waals surface area contributed by atoms with E-state index in [1.165, 1.54) is 0 Å². The van der Waals surface area contributed by atoms with Crippen LogP contribution >= 0.6 is 0 Å². The molecule has 7 heteroatoms. The SMILES string of the molecule is CC(=O)N1CCc2cc(NC(=O)C3CCN(c4nc5ccccc5o4)CC3)ccc21. The molecule has 3 heterocycles. The van der Waals surface area contributed by atoms with Crippen molar-refractivity contribution >= 4 is 40.3 Å². The maximum Gasteiger partial charge on any atom is 0.298 e. The summed E-state index contributed by atoms with van der Waals surface area (Å²) in [6.07, 6.45) is 2.34. The molecule has 0 atom stereocenters. The predicted octanol–water partition coefficient (Wildman–Crippen LogP) is 3.59. The van der Waals surface area contributed by atoms with Crippen LogP contribution in [0.2, 0.25) is 0 Å². The standard InChI is InChI=1S/C23H24N4O3/c1-15(28)27-13-10-17-14-18(6-7-20(17)27)24-22(29)16-8-11-26(12-9-16)23-25-19-4-2-3-5-21(19)30-23/h2-7,14,16H,8-13H2,1H3,(H,24,29). The second-order valence-corrected chi connectivity index (χ2v) is 7.98. The van der Waals surface area contributed by atoms with Crippen LogP contribution in [0.5, 0.6) is 0 Å². The van der Waals surface area contributed by atoms with E-state index in [2.05, 4.69) is 15.2 Å². The lowest BCUT2D eigenvalue weighted by Crippen LogP contribution is -2.38. The molecule has 1 saturated heterocycles. The number of fused-ring (bicyclic) bond motifs is 2. The minimum atomic E-state index is -0.0346. The summed E-state index contributed by atoms with van der Waals surface area (Å²) in [5, 5.41) is 3.06. The van der Waals surface area contributed by atoms with Crippen LogP contribution in [-0.4, -0.2) is 36.4 Å². The smallest absolute Gasteiger partial charge is 0.298 e. The van der Waals surface area contributed by atoms with Crippen LogP contribution in [0.3, 0.4) is 0 Å². The lowest BCUT2D eigenvalue weighted by atomic mass is 9.96. The quantitative estimate of drug-likeness (QED) is 0.722. The van der Waals surface area contributed by atoms with Crippen molar-refractivity contribution in [2.75, 3.05) is 34.8 Å². The third kappa shape index (κ3) is 3.40. The molecule has 1 fully saturated rings. The van der Waals surface area contributed by atoms with Gasteiger partial charge in [0.1, 0.15) is 5.52 Å². The van der Waals surface area contributed by atoms with E-state index in [1.807, 2.05) is 42.5 Å². The Labute approximate surface area is 174 Å². The van der Waals surface area contributed by atoms with E-state index < -0.39 is 0 Å². The van der Waals surface area contributed by atoms with Crippen LogP contribution in [0.15, 0.2) is 46.9 Å². The van der Waals surface area contributed by atoms with Gasteiger partial charge in [-0.15, -0.1) is 0 Å². The highest BCUT2D eigenvalue weighted by Crippen LogP contribution is 2.31. The molecule has 0 bridgehead atoms. The molecular weight excluding hydrogens is 380 g/mol. The molecule has 3 aromatic rings. The molecular formula is C23H24N4O3. The number of rotatable bonds is 3. The Morgan fingerprint density at radius 1 is 1.10 bits per heavy atom. The van der Waals surface area contributed by atoms with Crippen LogP contribution in [0.4, 0.5) is 17.4 Å². The third-order valence-corrected chi connectivity index (χ3v) is 6.04. The maximum absolute atomic E-state index is 12.8. The number of amides is 2. The van der Waals surface area contributed by atoms with Gasteiger partial charge in [0.05, 0.1) is 0 Å². The first-order valence-corrected chi connectivity index (χ1v) is 10.4. The maximum atomic E-state index is 12.8. The third-order valence-electron chi connectivity index (χ3n) is 6.04. The molecule has 0 radical (unpaired) electrons. The monoisotopic (exact) mass is 404 g/mol. The highest BCUT2D eigenvalue weighted by Gasteiger charge is 2.28. The molecule has 154 valence electrons. The number of anilines is 3. The van der Waals surface area contributed by atoms with E-state index >= 15 is 0 Å². The van der Waals surface area contributed by atoms with E-state index in [9.17, 15) is 9.59 Å². The first-order chi connectivity index (χ1) is 14.6. The van der Waals surface area contributed by atoms with Gasteiger partial charge in [-0.3, -0.25) is 9.59 Å². The highest BCUT2D eigenvalue weighted by molar-refractivity contribution is 5.96. The van der Waals surface area contributed by atoms with E-state index in [-0.39, 0.29) is 17.7 Å². The number of aromatic nitrogens is 1. The number of carbonyl (C=O) groups excluding carboxylic acids is 2. The molecule has 1 N–H and O–H groups in total. The van der Waals surface area contributed by atoms with Gasteiger partial charge in [0, 0.05) is 43.9 Å². The van der Waals surface area contributed by atoms with E-state index in [4.69, 9.17) is 4.42 Å². The topological polar surface area (TPSA) is 78.7 Å². The normalized spacial score (nSPS) is 16.7. The van der Waals surface area contributed by atoms with Gasteiger partial charge in [0.25, 0.3) is 6.01 Å². The van der Waals surface area contributed by atoms with Crippen molar-refractivity contribution in [2.45, 2.75) is 26.2 Å². The Kier molecular flexibility index (Phi) is 4.65. The molecule has 0 spiro atoms. The fourth-order valence-electron chi connectivity index (χ4n) is 4.38. The number of para-hydroxylation sites is 2. The van der Waals surface area contributed by atoms with Crippen molar-refractivity contribution in [2.24, 2.45) is 5.92 Å². The van der Waals surface area contributed by atoms with Crippen LogP contribution < -0.4 is 15.1 Å². The number of hydrogen-bond donors (Lipinski definition) is 1. The lowest BCUT2D eigenvalue weighted by molar-refractivity contribution is -0.120. The Bertz CT molecular complexity index is 1080. The zero-order valence-electron chi connectivity index (χ0n) is 16.9. The van der Waals surface area contributed by atoms with Gasteiger partial charge in [-0.2, -0.15) is 4.98 Å². The van der Waals surface area contributed by atoms with Crippen molar-refractivity contribution in [3.63, 3.8) is 0 Å². The summed E-state index contributed by atoms with van der Waals surface area (Å²) in [6, 6.07) is 14.2. The van der Waals surface area contributed by atoms with Gasteiger partial charge < -0.3 is 19.5 Å². The van der Waals surface area contributed by atoms with Crippen LogP contribution in [0.25, 0.3) is 11.1 Å². The molecule has 2 aliphatic heterocycles. The Balaban J connectivity index is 1.21. The average molecular weight is 404 g/mol. The molecule has 2 aromatic carbocycles. The summed E-state index contributed by atoms with van der Waals surface area (Å²) in [6.45, 7) is 3.76. The number of carbonyl (C=O) groups is 2. The predicted molar refractivity (Wildman–Crippen MR) is 116 cm³/mol. The summed E-state index contributed by atoms with van der Waals surface area (Å²) in [5.41, 5.74) is 4.49. The van der Waals surface area contributed by atoms with E-state index in [0.717, 1.165) is 60.4 Å². The number of oxazole rings is 1. The van der Waals surface area contributed by atoms with Crippen molar-refractivity contribution < 1.29 is 14.0 Å². The van der Waals surface area contributed by atoms with Gasteiger partial charge in [0.15, 0.2) is 5.58 Å². The Hall–Kier alpha value is -3.35. The zero-order chi connectivity index (χ0) is 20.7.